The molecule has 0 bridgehead atoms. The Balaban J connectivity index is 1.75. The summed E-state index contributed by atoms with van der Waals surface area (Å²) >= 11 is 0. The van der Waals surface area contributed by atoms with Gasteiger partial charge in [-0.2, -0.15) is 0 Å². The summed E-state index contributed by atoms with van der Waals surface area (Å²) in [6, 6.07) is 8.08. The van der Waals surface area contributed by atoms with Crippen LogP contribution in [0, 0.1) is 11.8 Å². The van der Waals surface area contributed by atoms with Crippen molar-refractivity contribution in [2.45, 2.75) is 19.4 Å². The molecule has 1 N–H and O–H groups in total. The van der Waals surface area contributed by atoms with Gasteiger partial charge in [-0.25, -0.2) is 4.98 Å². The molecule has 2 unspecified atom stereocenters. The number of hydrogen-bond donors (Lipinski definition) is 1. The largest absolute Gasteiger partial charge is 0.350 e. The number of hydrogen-bond acceptors (Lipinski definition) is 4. The van der Waals surface area contributed by atoms with Crippen molar-refractivity contribution < 1.29 is 0 Å². The van der Waals surface area contributed by atoms with E-state index in [2.05, 4.69) is 29.0 Å². The van der Waals surface area contributed by atoms with Crippen molar-refractivity contribution in [3.05, 3.63) is 30.5 Å². The van der Waals surface area contributed by atoms with Crippen LogP contribution in [0.3, 0.4) is 0 Å². The van der Waals surface area contributed by atoms with Crippen LogP contribution in [-0.2, 0) is 0 Å². The van der Waals surface area contributed by atoms with Crippen molar-refractivity contribution in [3.63, 3.8) is 0 Å². The summed E-state index contributed by atoms with van der Waals surface area (Å²) in [7, 11) is 0. The van der Waals surface area contributed by atoms with E-state index in [0.717, 1.165) is 42.4 Å². The molecule has 2 aromatic rings. The molecule has 0 spiro atoms. The number of rotatable bonds is 1. The molecular formula is C16H20N4. The molecule has 0 aliphatic carbocycles. The molecule has 1 aromatic carbocycles. The molecule has 2 aliphatic heterocycles. The quantitative estimate of drug-likeness (QED) is 0.859. The van der Waals surface area contributed by atoms with Crippen molar-refractivity contribution in [3.8, 4) is 0 Å². The van der Waals surface area contributed by atoms with Crippen LogP contribution < -0.4 is 10.2 Å². The predicted molar refractivity (Wildman–Crippen MR) is 80.8 cm³/mol. The zero-order valence-corrected chi connectivity index (χ0v) is 12.0. The van der Waals surface area contributed by atoms with Crippen LogP contribution in [0.1, 0.15) is 13.8 Å². The van der Waals surface area contributed by atoms with Crippen molar-refractivity contribution in [1.82, 2.24) is 15.3 Å². The van der Waals surface area contributed by atoms with E-state index >= 15 is 0 Å². The van der Waals surface area contributed by atoms with Gasteiger partial charge in [0.2, 0.25) is 0 Å². The van der Waals surface area contributed by atoms with Gasteiger partial charge in [-0.3, -0.25) is 4.98 Å². The second kappa shape index (κ2) is 4.16. The number of para-hydroxylation sites is 2. The van der Waals surface area contributed by atoms with Gasteiger partial charge >= 0.3 is 0 Å². The molecule has 2 saturated heterocycles. The monoisotopic (exact) mass is 268 g/mol. The van der Waals surface area contributed by atoms with E-state index in [9.17, 15) is 0 Å². The molecule has 20 heavy (non-hydrogen) atoms. The molecule has 4 heteroatoms. The number of nitrogens with zero attached hydrogens (tertiary/aromatic N) is 3. The predicted octanol–water partition coefficient (Wildman–Crippen LogP) is 2.06. The van der Waals surface area contributed by atoms with Gasteiger partial charge in [-0.05, 0) is 37.8 Å². The molecule has 0 amide bonds. The Morgan fingerprint density at radius 3 is 2.80 bits per heavy atom. The van der Waals surface area contributed by atoms with Gasteiger partial charge in [-0.1, -0.05) is 12.1 Å². The fraction of sp³-hybridized carbons (Fsp3) is 0.500. The fourth-order valence-electron chi connectivity index (χ4n) is 3.89. The lowest BCUT2D eigenvalue weighted by Crippen LogP contribution is -2.45. The lowest BCUT2D eigenvalue weighted by molar-refractivity contribution is 0.356. The Kier molecular flexibility index (Phi) is 2.51. The minimum absolute atomic E-state index is 0.144. The molecule has 2 atom stereocenters. The summed E-state index contributed by atoms with van der Waals surface area (Å²) in [4.78, 5) is 11.8. The smallest absolute Gasteiger partial charge is 0.148 e. The van der Waals surface area contributed by atoms with Gasteiger partial charge in [0.1, 0.15) is 5.82 Å². The summed E-state index contributed by atoms with van der Waals surface area (Å²) in [5.41, 5.74) is 2.09. The molecule has 2 fully saturated rings. The maximum Gasteiger partial charge on any atom is 0.148 e. The van der Waals surface area contributed by atoms with Crippen LogP contribution in [0.25, 0.3) is 11.0 Å². The van der Waals surface area contributed by atoms with Gasteiger partial charge < -0.3 is 10.2 Å². The first-order chi connectivity index (χ1) is 9.66. The van der Waals surface area contributed by atoms with Gasteiger partial charge in [0, 0.05) is 25.2 Å². The highest BCUT2D eigenvalue weighted by Crippen LogP contribution is 2.42. The molecule has 104 valence electrons. The van der Waals surface area contributed by atoms with Crippen LogP contribution in [0.2, 0.25) is 0 Å². The molecule has 4 nitrogen and oxygen atoms in total. The van der Waals surface area contributed by atoms with E-state index in [4.69, 9.17) is 4.98 Å². The number of aromatic nitrogens is 2. The van der Waals surface area contributed by atoms with Crippen LogP contribution in [0.15, 0.2) is 30.5 Å². The van der Waals surface area contributed by atoms with Crippen molar-refractivity contribution in [2.75, 3.05) is 24.5 Å². The highest BCUT2D eigenvalue weighted by atomic mass is 15.3. The lowest BCUT2D eigenvalue weighted by atomic mass is 9.85. The molecular weight excluding hydrogens is 248 g/mol. The number of benzene rings is 1. The Bertz CT molecular complexity index is 652. The molecule has 0 radical (unpaired) electrons. The van der Waals surface area contributed by atoms with Crippen LogP contribution in [-0.4, -0.2) is 35.1 Å². The maximum atomic E-state index is 4.82. The first-order valence-electron chi connectivity index (χ1n) is 7.36. The normalized spacial score (nSPS) is 28.0. The minimum Gasteiger partial charge on any atom is -0.350 e. The highest BCUT2D eigenvalue weighted by Gasteiger charge is 2.50. The Morgan fingerprint density at radius 1 is 1.20 bits per heavy atom. The molecule has 3 heterocycles. The van der Waals surface area contributed by atoms with E-state index in [0.29, 0.717) is 5.92 Å². The van der Waals surface area contributed by atoms with E-state index in [1.807, 2.05) is 30.5 Å². The number of fused-ring (bicyclic) bond motifs is 2. The van der Waals surface area contributed by atoms with Gasteiger partial charge in [-0.15, -0.1) is 0 Å². The summed E-state index contributed by atoms with van der Waals surface area (Å²) in [6.07, 6.45) is 1.93. The number of anilines is 1. The fourth-order valence-corrected chi connectivity index (χ4v) is 3.89. The second-order valence-corrected chi connectivity index (χ2v) is 6.51. The van der Waals surface area contributed by atoms with E-state index in [1.165, 1.54) is 0 Å². The molecule has 0 saturated carbocycles. The van der Waals surface area contributed by atoms with Gasteiger partial charge in [0.15, 0.2) is 0 Å². The zero-order chi connectivity index (χ0) is 13.7. The maximum absolute atomic E-state index is 4.82. The summed E-state index contributed by atoms with van der Waals surface area (Å²) < 4.78 is 0. The van der Waals surface area contributed by atoms with Crippen molar-refractivity contribution in [1.29, 1.82) is 0 Å². The van der Waals surface area contributed by atoms with Gasteiger partial charge in [0.25, 0.3) is 0 Å². The summed E-state index contributed by atoms with van der Waals surface area (Å²) in [5, 5.41) is 3.52. The van der Waals surface area contributed by atoms with Crippen molar-refractivity contribution >= 4 is 16.9 Å². The third kappa shape index (κ3) is 1.64. The molecule has 2 aliphatic rings. The van der Waals surface area contributed by atoms with E-state index in [-0.39, 0.29) is 5.54 Å². The Labute approximate surface area is 119 Å². The topological polar surface area (TPSA) is 41.0 Å². The standard InChI is InChI=1S/C16H20N4/c1-16(2)12-8-17-7-11(12)10-20(16)15-9-18-13-5-3-4-6-14(13)19-15/h3-6,9,11-12,17H,7-8,10H2,1-2H3. The summed E-state index contributed by atoms with van der Waals surface area (Å²) in [6.45, 7) is 8.00. The Hall–Kier alpha value is -1.68. The highest BCUT2D eigenvalue weighted by molar-refractivity contribution is 5.75. The third-order valence-electron chi connectivity index (χ3n) is 5.07. The Morgan fingerprint density at radius 2 is 2.00 bits per heavy atom. The van der Waals surface area contributed by atoms with Crippen LogP contribution in [0.5, 0.6) is 0 Å². The zero-order valence-electron chi connectivity index (χ0n) is 12.0. The van der Waals surface area contributed by atoms with E-state index in [1.54, 1.807) is 0 Å². The average Bonchev–Trinajstić information content (AvgIpc) is 3.01. The first kappa shape index (κ1) is 12.1. The molecule has 1 aromatic heterocycles. The average molecular weight is 268 g/mol. The summed E-state index contributed by atoms with van der Waals surface area (Å²) in [5.74, 6) is 2.46. The van der Waals surface area contributed by atoms with Crippen LogP contribution in [0.4, 0.5) is 5.82 Å². The SMILES string of the molecule is CC1(C)C2CNCC2CN1c1cnc2ccccc2n1. The first-order valence-corrected chi connectivity index (χ1v) is 7.36. The number of nitrogens with one attached hydrogen (secondary N) is 1. The molecule has 4 rings (SSSR count). The second-order valence-electron chi connectivity index (χ2n) is 6.51. The van der Waals surface area contributed by atoms with Crippen molar-refractivity contribution in [2.24, 2.45) is 11.8 Å². The van der Waals surface area contributed by atoms with E-state index < -0.39 is 0 Å². The third-order valence-corrected chi connectivity index (χ3v) is 5.07. The van der Waals surface area contributed by atoms with Crippen LogP contribution >= 0.6 is 0 Å². The lowest BCUT2D eigenvalue weighted by Gasteiger charge is -2.36. The van der Waals surface area contributed by atoms with Gasteiger partial charge in [0.05, 0.1) is 17.2 Å². The minimum atomic E-state index is 0.144.